The number of nitrogens with two attached hydrogens (primary N) is 1. The molecular formula is C12H12FN3O2. The molecule has 18 heavy (non-hydrogen) atoms. The first-order valence-corrected chi connectivity index (χ1v) is 5.26. The summed E-state index contributed by atoms with van der Waals surface area (Å²) in [5, 5.41) is 2.86. The molecule has 1 heterocycles. The van der Waals surface area contributed by atoms with Gasteiger partial charge in [-0.1, -0.05) is 0 Å². The van der Waals surface area contributed by atoms with Crippen LogP contribution >= 0.6 is 0 Å². The number of hydrogen-bond donors (Lipinski definition) is 2. The highest BCUT2D eigenvalue weighted by atomic mass is 19.1. The number of amides is 1. The summed E-state index contributed by atoms with van der Waals surface area (Å²) >= 11 is 0. The van der Waals surface area contributed by atoms with Gasteiger partial charge in [-0.25, -0.2) is 4.39 Å². The minimum atomic E-state index is -0.668. The predicted molar refractivity (Wildman–Crippen MR) is 64.2 cm³/mol. The second-order valence-corrected chi connectivity index (χ2v) is 3.94. The first-order valence-electron chi connectivity index (χ1n) is 5.26. The van der Waals surface area contributed by atoms with E-state index in [0.29, 0.717) is 16.8 Å². The highest BCUT2D eigenvalue weighted by Gasteiger charge is 2.10. The van der Waals surface area contributed by atoms with Crippen molar-refractivity contribution < 1.29 is 13.6 Å². The van der Waals surface area contributed by atoms with Gasteiger partial charge in [0.15, 0.2) is 5.69 Å². The SMILES string of the molecule is Cc1cc(Nc2nc(C(N)=O)co2)c(C)cc1F. The van der Waals surface area contributed by atoms with Crippen LogP contribution in [-0.2, 0) is 0 Å². The molecule has 3 N–H and O–H groups in total. The molecule has 0 saturated carbocycles. The van der Waals surface area contributed by atoms with Crippen LogP contribution in [0.5, 0.6) is 0 Å². The third kappa shape index (κ3) is 2.32. The minimum absolute atomic E-state index is 0.0361. The van der Waals surface area contributed by atoms with Crippen molar-refractivity contribution in [3.63, 3.8) is 0 Å². The standard InChI is InChI=1S/C12H12FN3O2/c1-6-4-9(7(2)3-8(6)13)15-12-16-10(5-18-12)11(14)17/h3-5H,1-2H3,(H2,14,17)(H,15,16). The molecule has 0 atom stereocenters. The summed E-state index contributed by atoms with van der Waals surface area (Å²) in [7, 11) is 0. The number of primary amides is 1. The third-order valence-corrected chi connectivity index (χ3v) is 2.50. The Bertz CT molecular complexity index is 607. The van der Waals surface area contributed by atoms with Gasteiger partial charge in [0.25, 0.3) is 11.9 Å². The molecule has 2 aromatic rings. The molecule has 0 aliphatic rings. The summed E-state index contributed by atoms with van der Waals surface area (Å²) in [6.07, 6.45) is 1.16. The quantitative estimate of drug-likeness (QED) is 0.874. The molecule has 0 aliphatic heterocycles. The molecule has 2 rings (SSSR count). The summed E-state index contributed by atoms with van der Waals surface area (Å²) in [5.41, 5.74) is 6.96. The van der Waals surface area contributed by atoms with Crippen LogP contribution < -0.4 is 11.1 Å². The average molecular weight is 249 g/mol. The van der Waals surface area contributed by atoms with Crippen molar-refractivity contribution in [3.8, 4) is 0 Å². The zero-order chi connectivity index (χ0) is 13.3. The van der Waals surface area contributed by atoms with Crippen molar-refractivity contribution in [1.29, 1.82) is 0 Å². The summed E-state index contributed by atoms with van der Waals surface area (Å²) in [5.74, 6) is -0.943. The molecule has 1 aromatic carbocycles. The Morgan fingerprint density at radius 2 is 2.11 bits per heavy atom. The van der Waals surface area contributed by atoms with E-state index in [1.165, 1.54) is 6.07 Å². The normalized spacial score (nSPS) is 10.4. The van der Waals surface area contributed by atoms with E-state index < -0.39 is 5.91 Å². The molecule has 1 aromatic heterocycles. The molecular weight excluding hydrogens is 237 g/mol. The molecule has 6 heteroatoms. The smallest absolute Gasteiger partial charge is 0.299 e. The lowest BCUT2D eigenvalue weighted by Crippen LogP contribution is -2.11. The fourth-order valence-corrected chi connectivity index (χ4v) is 1.48. The number of anilines is 2. The minimum Gasteiger partial charge on any atom is -0.431 e. The fraction of sp³-hybridized carbons (Fsp3) is 0.167. The Hall–Kier alpha value is -2.37. The number of nitrogens with zero attached hydrogens (tertiary/aromatic N) is 1. The van der Waals surface area contributed by atoms with Gasteiger partial charge in [0, 0.05) is 5.69 Å². The van der Waals surface area contributed by atoms with E-state index in [4.69, 9.17) is 10.2 Å². The third-order valence-electron chi connectivity index (χ3n) is 2.50. The monoisotopic (exact) mass is 249 g/mol. The van der Waals surface area contributed by atoms with Crippen LogP contribution in [0.1, 0.15) is 21.6 Å². The summed E-state index contributed by atoms with van der Waals surface area (Å²) < 4.78 is 18.3. The van der Waals surface area contributed by atoms with E-state index in [2.05, 4.69) is 10.3 Å². The van der Waals surface area contributed by atoms with Crippen molar-refractivity contribution >= 4 is 17.6 Å². The number of halogens is 1. The van der Waals surface area contributed by atoms with Gasteiger partial charge in [-0.05, 0) is 37.1 Å². The first-order chi connectivity index (χ1) is 8.47. The van der Waals surface area contributed by atoms with Crippen molar-refractivity contribution in [3.05, 3.63) is 41.0 Å². The van der Waals surface area contributed by atoms with E-state index in [1.54, 1.807) is 19.9 Å². The maximum absolute atomic E-state index is 13.3. The van der Waals surface area contributed by atoms with Gasteiger partial charge in [0.05, 0.1) is 0 Å². The van der Waals surface area contributed by atoms with Crippen LogP contribution in [0.15, 0.2) is 22.8 Å². The number of nitrogens with one attached hydrogen (secondary N) is 1. The lowest BCUT2D eigenvalue weighted by atomic mass is 10.1. The van der Waals surface area contributed by atoms with Crippen molar-refractivity contribution in [2.24, 2.45) is 5.73 Å². The predicted octanol–water partition coefficient (Wildman–Crippen LogP) is 2.27. The average Bonchev–Trinajstić information content (AvgIpc) is 2.74. The van der Waals surface area contributed by atoms with E-state index >= 15 is 0 Å². The highest BCUT2D eigenvalue weighted by molar-refractivity contribution is 5.90. The first kappa shape index (κ1) is 12.1. The van der Waals surface area contributed by atoms with Crippen LogP contribution in [0.2, 0.25) is 0 Å². The largest absolute Gasteiger partial charge is 0.431 e. The molecule has 0 bridgehead atoms. The molecule has 0 unspecified atom stereocenters. The van der Waals surface area contributed by atoms with Crippen LogP contribution in [0.25, 0.3) is 0 Å². The van der Waals surface area contributed by atoms with Gasteiger partial charge in [0.2, 0.25) is 0 Å². The number of hydrogen-bond acceptors (Lipinski definition) is 4. The molecule has 1 amide bonds. The molecule has 0 spiro atoms. The van der Waals surface area contributed by atoms with Gasteiger partial charge >= 0.3 is 0 Å². The lowest BCUT2D eigenvalue weighted by Gasteiger charge is -2.07. The van der Waals surface area contributed by atoms with E-state index in [9.17, 15) is 9.18 Å². The lowest BCUT2D eigenvalue weighted by molar-refractivity contribution is 0.0995. The molecule has 0 aliphatic carbocycles. The van der Waals surface area contributed by atoms with Crippen LogP contribution in [0.4, 0.5) is 16.1 Å². The number of carbonyl (C=O) groups is 1. The zero-order valence-corrected chi connectivity index (χ0v) is 9.95. The Labute approximate surface area is 103 Å². The number of rotatable bonds is 3. The number of aryl methyl sites for hydroxylation is 2. The van der Waals surface area contributed by atoms with Gasteiger partial charge < -0.3 is 15.5 Å². The fourth-order valence-electron chi connectivity index (χ4n) is 1.48. The van der Waals surface area contributed by atoms with Crippen molar-refractivity contribution in [2.45, 2.75) is 13.8 Å². The van der Waals surface area contributed by atoms with Gasteiger partial charge in [0.1, 0.15) is 12.1 Å². The maximum atomic E-state index is 13.3. The Balaban J connectivity index is 2.28. The van der Waals surface area contributed by atoms with Crippen molar-refractivity contribution in [2.75, 3.05) is 5.32 Å². The second-order valence-electron chi connectivity index (χ2n) is 3.94. The number of oxazole rings is 1. The van der Waals surface area contributed by atoms with Crippen LogP contribution in [-0.4, -0.2) is 10.9 Å². The molecule has 0 radical (unpaired) electrons. The number of carbonyl (C=O) groups excluding carboxylic acids is 1. The van der Waals surface area contributed by atoms with Gasteiger partial charge in [-0.3, -0.25) is 4.79 Å². The molecule has 0 fully saturated rings. The van der Waals surface area contributed by atoms with E-state index in [1.807, 2.05) is 0 Å². The second kappa shape index (κ2) is 4.48. The maximum Gasteiger partial charge on any atom is 0.299 e. The van der Waals surface area contributed by atoms with Crippen LogP contribution in [0.3, 0.4) is 0 Å². The van der Waals surface area contributed by atoms with Crippen molar-refractivity contribution in [1.82, 2.24) is 4.98 Å². The summed E-state index contributed by atoms with van der Waals surface area (Å²) in [4.78, 5) is 14.7. The summed E-state index contributed by atoms with van der Waals surface area (Å²) in [6.45, 7) is 3.41. The number of aromatic nitrogens is 1. The van der Waals surface area contributed by atoms with Crippen LogP contribution in [0, 0.1) is 19.7 Å². The Morgan fingerprint density at radius 1 is 1.39 bits per heavy atom. The molecule has 94 valence electrons. The highest BCUT2D eigenvalue weighted by Crippen LogP contribution is 2.23. The van der Waals surface area contributed by atoms with E-state index in [0.717, 1.165) is 6.26 Å². The Morgan fingerprint density at radius 3 is 2.72 bits per heavy atom. The Kier molecular flexibility index (Phi) is 3.01. The van der Waals surface area contributed by atoms with E-state index in [-0.39, 0.29) is 17.5 Å². The number of benzene rings is 1. The van der Waals surface area contributed by atoms with Gasteiger partial charge in [-0.2, -0.15) is 4.98 Å². The summed E-state index contributed by atoms with van der Waals surface area (Å²) in [6, 6.07) is 3.19. The zero-order valence-electron chi connectivity index (χ0n) is 9.95. The molecule has 5 nitrogen and oxygen atoms in total. The van der Waals surface area contributed by atoms with Gasteiger partial charge in [-0.15, -0.1) is 0 Å². The molecule has 0 saturated heterocycles. The topological polar surface area (TPSA) is 81.1 Å².